The van der Waals surface area contributed by atoms with Crippen LogP contribution in [0.1, 0.15) is 49.0 Å². The molecule has 2 unspecified atom stereocenters. The molecule has 0 saturated carbocycles. The monoisotopic (exact) mass is 413 g/mol. The van der Waals surface area contributed by atoms with Crippen LogP contribution >= 0.6 is 0 Å². The second-order valence-electron chi connectivity index (χ2n) is 7.83. The van der Waals surface area contributed by atoms with Crippen molar-refractivity contribution >= 4 is 16.9 Å². The summed E-state index contributed by atoms with van der Waals surface area (Å²) in [6.45, 7) is 4.59. The number of H-pyrrole nitrogens is 1. The van der Waals surface area contributed by atoms with Gasteiger partial charge in [-0.3, -0.25) is 4.90 Å². The molecule has 3 heterocycles. The summed E-state index contributed by atoms with van der Waals surface area (Å²) in [6.07, 6.45) is 2.63. The molecule has 0 bridgehead atoms. The van der Waals surface area contributed by atoms with Gasteiger partial charge in [-0.1, -0.05) is 37.6 Å². The molecule has 30 heavy (non-hydrogen) atoms. The number of hydrogen-bond donors (Lipinski definition) is 3. The molecule has 2 atom stereocenters. The topological polar surface area (TPSA) is 100 Å². The van der Waals surface area contributed by atoms with E-state index in [2.05, 4.69) is 26.8 Å². The molecule has 4 N–H and O–H groups in total. The highest BCUT2D eigenvalue weighted by Crippen LogP contribution is 2.31. The van der Waals surface area contributed by atoms with E-state index in [0.717, 1.165) is 30.5 Å². The Bertz CT molecular complexity index is 991. The third kappa shape index (κ3) is 4.39. The fourth-order valence-corrected chi connectivity index (χ4v) is 3.78. The first-order valence-corrected chi connectivity index (χ1v) is 10.5. The minimum absolute atomic E-state index is 0.216. The van der Waals surface area contributed by atoms with Gasteiger partial charge in [-0.25, -0.2) is 4.39 Å². The Morgan fingerprint density at radius 1 is 1.33 bits per heavy atom. The van der Waals surface area contributed by atoms with Crippen LogP contribution in [-0.2, 0) is 6.54 Å². The zero-order valence-electron chi connectivity index (χ0n) is 17.1. The largest absolute Gasteiger partial charge is 0.463 e. The number of rotatable bonds is 8. The van der Waals surface area contributed by atoms with Gasteiger partial charge in [-0.05, 0) is 24.0 Å². The van der Waals surface area contributed by atoms with E-state index in [-0.39, 0.29) is 11.8 Å². The van der Waals surface area contributed by atoms with Crippen LogP contribution in [0.5, 0.6) is 6.01 Å². The Balaban J connectivity index is 1.52. The van der Waals surface area contributed by atoms with E-state index in [9.17, 15) is 9.50 Å². The van der Waals surface area contributed by atoms with E-state index in [4.69, 9.17) is 10.5 Å². The summed E-state index contributed by atoms with van der Waals surface area (Å²) in [6, 6.07) is 7.95. The Hall–Kier alpha value is -2.71. The number of halogens is 1. The summed E-state index contributed by atoms with van der Waals surface area (Å²) >= 11 is 0. The Morgan fingerprint density at radius 3 is 2.83 bits per heavy atom. The van der Waals surface area contributed by atoms with Crippen LogP contribution in [0.3, 0.4) is 0 Å². The van der Waals surface area contributed by atoms with Gasteiger partial charge < -0.3 is 20.6 Å². The molecule has 0 aliphatic carbocycles. The highest BCUT2D eigenvalue weighted by molar-refractivity contribution is 5.88. The minimum atomic E-state index is -0.868. The molecule has 8 heteroatoms. The summed E-state index contributed by atoms with van der Waals surface area (Å²) in [5, 5.41) is 11.0. The highest BCUT2D eigenvalue weighted by atomic mass is 19.1. The van der Waals surface area contributed by atoms with E-state index < -0.39 is 12.3 Å². The van der Waals surface area contributed by atoms with Gasteiger partial charge in [0, 0.05) is 31.4 Å². The molecule has 0 radical (unpaired) electrons. The van der Waals surface area contributed by atoms with Crippen LogP contribution in [0.15, 0.2) is 30.5 Å². The lowest BCUT2D eigenvalue weighted by atomic mass is 10.0. The fraction of sp³-hybridized carbons (Fsp3) is 0.455. The molecule has 1 aliphatic heterocycles. The molecular formula is C22H28FN5O2. The number of aliphatic hydroxyl groups excluding tert-OH is 1. The predicted octanol–water partition coefficient (Wildman–Crippen LogP) is 3.34. The number of anilines is 1. The smallest absolute Gasteiger partial charge is 0.319 e. The lowest BCUT2D eigenvalue weighted by Crippen LogP contribution is -2.20. The standard InChI is InChI=1S/C22H28FN5O2/c1-2-3-10-30-22-26-18-17(11-25-19(18)21(24)27-22)20(29)15-6-4-14(5-7-15)12-28-9-8-16(23)13-28/h4-7,11,16,20,25,29H,2-3,8-10,12-13H2,1H3,(H2,24,26,27). The number of aromatic amines is 1. The van der Waals surface area contributed by atoms with Crippen molar-refractivity contribution in [3.05, 3.63) is 47.2 Å². The van der Waals surface area contributed by atoms with Gasteiger partial charge in [-0.15, -0.1) is 0 Å². The molecule has 1 aromatic carbocycles. The molecule has 0 spiro atoms. The number of unbranched alkanes of at least 4 members (excludes halogenated alkanes) is 1. The maximum absolute atomic E-state index is 13.4. The SMILES string of the molecule is CCCCOc1nc(N)c2[nH]cc(C(O)c3ccc(CN4CCC(F)C4)cc3)c2n1. The third-order valence-corrected chi connectivity index (χ3v) is 5.50. The van der Waals surface area contributed by atoms with Crippen molar-refractivity contribution in [2.75, 3.05) is 25.4 Å². The van der Waals surface area contributed by atoms with Crippen LogP contribution in [0, 0.1) is 0 Å². The van der Waals surface area contributed by atoms with Gasteiger partial charge in [-0.2, -0.15) is 9.97 Å². The first-order valence-electron chi connectivity index (χ1n) is 10.5. The molecule has 7 nitrogen and oxygen atoms in total. The van der Waals surface area contributed by atoms with Crippen LogP contribution in [0.2, 0.25) is 0 Å². The Labute approximate surface area is 175 Å². The van der Waals surface area contributed by atoms with Crippen molar-refractivity contribution in [3.63, 3.8) is 0 Å². The molecule has 4 rings (SSSR count). The molecule has 3 aromatic rings. The lowest BCUT2D eigenvalue weighted by molar-refractivity contribution is 0.221. The number of alkyl halides is 1. The van der Waals surface area contributed by atoms with Crippen molar-refractivity contribution < 1.29 is 14.2 Å². The zero-order chi connectivity index (χ0) is 21.1. The minimum Gasteiger partial charge on any atom is -0.463 e. The summed E-state index contributed by atoms with van der Waals surface area (Å²) in [7, 11) is 0. The van der Waals surface area contributed by atoms with E-state index >= 15 is 0 Å². The highest BCUT2D eigenvalue weighted by Gasteiger charge is 2.22. The molecular weight excluding hydrogens is 385 g/mol. The van der Waals surface area contributed by atoms with E-state index in [1.54, 1.807) is 6.20 Å². The first kappa shape index (κ1) is 20.6. The molecule has 1 aliphatic rings. The van der Waals surface area contributed by atoms with Gasteiger partial charge >= 0.3 is 6.01 Å². The second kappa shape index (κ2) is 8.97. The number of hydrogen-bond acceptors (Lipinski definition) is 6. The number of benzene rings is 1. The van der Waals surface area contributed by atoms with Crippen LogP contribution in [0.4, 0.5) is 10.2 Å². The third-order valence-electron chi connectivity index (χ3n) is 5.50. The average Bonchev–Trinajstić information content (AvgIpc) is 3.34. The number of nitrogens with one attached hydrogen (secondary N) is 1. The van der Waals surface area contributed by atoms with Gasteiger partial charge in [0.05, 0.1) is 6.61 Å². The lowest BCUT2D eigenvalue weighted by Gasteiger charge is -2.16. The van der Waals surface area contributed by atoms with Crippen LogP contribution < -0.4 is 10.5 Å². The number of aromatic nitrogens is 3. The van der Waals surface area contributed by atoms with E-state index in [1.165, 1.54) is 0 Å². The van der Waals surface area contributed by atoms with Crippen molar-refractivity contribution in [2.45, 2.75) is 45.0 Å². The second-order valence-corrected chi connectivity index (χ2v) is 7.83. The van der Waals surface area contributed by atoms with Gasteiger partial charge in [0.1, 0.15) is 23.3 Å². The summed E-state index contributed by atoms with van der Waals surface area (Å²) in [5.41, 5.74) is 9.64. The Kier molecular flexibility index (Phi) is 6.15. The quantitative estimate of drug-likeness (QED) is 0.490. The van der Waals surface area contributed by atoms with Crippen LogP contribution in [-0.4, -0.2) is 50.8 Å². The predicted molar refractivity (Wildman–Crippen MR) is 114 cm³/mol. The Morgan fingerprint density at radius 2 is 2.13 bits per heavy atom. The number of fused-ring (bicyclic) bond motifs is 1. The number of nitrogens with two attached hydrogens (primary N) is 1. The van der Waals surface area contributed by atoms with Gasteiger partial charge in [0.25, 0.3) is 0 Å². The molecule has 2 aromatic heterocycles. The van der Waals surface area contributed by atoms with E-state index in [1.807, 2.05) is 24.3 Å². The van der Waals surface area contributed by atoms with Crippen molar-refractivity contribution in [1.82, 2.24) is 19.9 Å². The average molecular weight is 413 g/mol. The van der Waals surface area contributed by atoms with Crippen molar-refractivity contribution in [2.24, 2.45) is 0 Å². The number of nitrogen functional groups attached to an aromatic ring is 1. The van der Waals surface area contributed by atoms with E-state index in [0.29, 0.717) is 42.7 Å². The summed E-state index contributed by atoms with van der Waals surface area (Å²) < 4.78 is 19.0. The zero-order valence-corrected chi connectivity index (χ0v) is 17.1. The van der Waals surface area contributed by atoms with Crippen molar-refractivity contribution in [1.29, 1.82) is 0 Å². The molecule has 0 amide bonds. The molecule has 1 saturated heterocycles. The molecule has 1 fully saturated rings. The number of ether oxygens (including phenoxy) is 1. The van der Waals surface area contributed by atoms with Gasteiger partial charge in [0.15, 0.2) is 5.82 Å². The maximum atomic E-state index is 13.4. The number of nitrogens with zero attached hydrogens (tertiary/aromatic N) is 3. The maximum Gasteiger partial charge on any atom is 0.319 e. The normalized spacial score (nSPS) is 18.2. The number of aliphatic hydroxyl groups is 1. The van der Waals surface area contributed by atoms with Crippen LogP contribution in [0.25, 0.3) is 11.0 Å². The summed E-state index contributed by atoms with van der Waals surface area (Å²) in [5.74, 6) is 0.289. The fourth-order valence-electron chi connectivity index (χ4n) is 3.78. The van der Waals surface area contributed by atoms with Crippen molar-refractivity contribution in [3.8, 4) is 6.01 Å². The van der Waals surface area contributed by atoms with Gasteiger partial charge in [0.2, 0.25) is 0 Å². The molecule has 160 valence electrons. The summed E-state index contributed by atoms with van der Waals surface area (Å²) in [4.78, 5) is 13.8. The first-order chi connectivity index (χ1) is 14.5. The number of likely N-dealkylation sites (tertiary alicyclic amines) is 1.